The van der Waals surface area contributed by atoms with Crippen LogP contribution in [0, 0.1) is 11.8 Å². The van der Waals surface area contributed by atoms with Crippen molar-refractivity contribution in [2.24, 2.45) is 11.8 Å². The van der Waals surface area contributed by atoms with Crippen LogP contribution in [0.5, 0.6) is 5.75 Å². The third kappa shape index (κ3) is 3.05. The fraction of sp³-hybridized carbons (Fsp3) is 0.429. The van der Waals surface area contributed by atoms with Crippen LogP contribution in [0.25, 0.3) is 0 Å². The van der Waals surface area contributed by atoms with Crippen LogP contribution >= 0.6 is 0 Å². The molecule has 0 bridgehead atoms. The van der Waals surface area contributed by atoms with Crippen molar-refractivity contribution in [3.63, 3.8) is 0 Å². The van der Waals surface area contributed by atoms with Crippen LogP contribution in [-0.2, 0) is 4.79 Å². The largest absolute Gasteiger partial charge is 0.496 e. The zero-order valence-electron chi connectivity index (χ0n) is 11.0. The number of amides is 1. The minimum atomic E-state index is -1.05. The first-order valence-corrected chi connectivity index (χ1v) is 6.25. The number of hydrogen-bond acceptors (Lipinski definition) is 3. The smallest absolute Gasteiger partial charge is 0.339 e. The number of nitrogens with one attached hydrogen (secondary N) is 1. The molecule has 2 N–H and O–H groups in total. The number of aromatic carboxylic acids is 1. The summed E-state index contributed by atoms with van der Waals surface area (Å²) in [5, 5.41) is 11.8. The van der Waals surface area contributed by atoms with Crippen molar-refractivity contribution in [1.29, 1.82) is 0 Å². The van der Waals surface area contributed by atoms with Gasteiger partial charge in [0.15, 0.2) is 0 Å². The third-order valence-electron chi connectivity index (χ3n) is 3.44. The molecule has 5 nitrogen and oxygen atoms in total. The van der Waals surface area contributed by atoms with E-state index in [9.17, 15) is 9.59 Å². The quantitative estimate of drug-likeness (QED) is 0.855. The molecule has 1 unspecified atom stereocenters. The van der Waals surface area contributed by atoms with Gasteiger partial charge in [-0.15, -0.1) is 0 Å². The number of rotatable bonds is 5. The standard InChI is InChI=1S/C14H17NO4/c1-8(9-3-4-9)13(16)15-10-5-6-11(14(17)18)12(7-10)19-2/h5-9H,3-4H2,1-2H3,(H,15,16)(H,17,18). The van der Waals surface area contributed by atoms with Gasteiger partial charge in [-0.1, -0.05) is 6.92 Å². The second kappa shape index (κ2) is 5.30. The molecule has 0 heterocycles. The number of carboxylic acids is 1. The van der Waals surface area contributed by atoms with Gasteiger partial charge in [0.25, 0.3) is 0 Å². The SMILES string of the molecule is COc1cc(NC(=O)C(C)C2CC2)ccc1C(=O)O. The van der Waals surface area contributed by atoms with Gasteiger partial charge < -0.3 is 15.2 Å². The van der Waals surface area contributed by atoms with Gasteiger partial charge in [-0.3, -0.25) is 4.79 Å². The summed E-state index contributed by atoms with van der Waals surface area (Å²) in [6.45, 7) is 1.91. The van der Waals surface area contributed by atoms with Gasteiger partial charge in [0.05, 0.1) is 7.11 Å². The normalized spacial score (nSPS) is 15.7. The lowest BCUT2D eigenvalue weighted by Gasteiger charge is -2.12. The molecular formula is C14H17NO4. The lowest BCUT2D eigenvalue weighted by atomic mass is 10.1. The van der Waals surface area contributed by atoms with Crippen LogP contribution in [0.4, 0.5) is 5.69 Å². The van der Waals surface area contributed by atoms with E-state index in [1.54, 1.807) is 6.07 Å². The molecule has 1 aliphatic rings. The highest BCUT2D eigenvalue weighted by atomic mass is 16.5. The van der Waals surface area contributed by atoms with E-state index in [1.807, 2.05) is 6.92 Å². The Hall–Kier alpha value is -2.04. The fourth-order valence-corrected chi connectivity index (χ4v) is 2.01. The van der Waals surface area contributed by atoms with Crippen molar-refractivity contribution >= 4 is 17.6 Å². The first-order chi connectivity index (χ1) is 9.02. The van der Waals surface area contributed by atoms with Crippen LogP contribution in [0.3, 0.4) is 0 Å². The molecule has 5 heteroatoms. The van der Waals surface area contributed by atoms with Gasteiger partial charge in [0, 0.05) is 17.7 Å². The predicted molar refractivity (Wildman–Crippen MR) is 70.5 cm³/mol. The maximum absolute atomic E-state index is 11.9. The molecule has 102 valence electrons. The van der Waals surface area contributed by atoms with Gasteiger partial charge in [0.2, 0.25) is 5.91 Å². The van der Waals surface area contributed by atoms with E-state index in [0.29, 0.717) is 11.6 Å². The summed E-state index contributed by atoms with van der Waals surface area (Å²) in [5.41, 5.74) is 0.634. The lowest BCUT2D eigenvalue weighted by Crippen LogP contribution is -2.21. The van der Waals surface area contributed by atoms with Crippen molar-refractivity contribution in [3.8, 4) is 5.75 Å². The zero-order valence-corrected chi connectivity index (χ0v) is 11.0. The van der Waals surface area contributed by atoms with E-state index < -0.39 is 5.97 Å². The van der Waals surface area contributed by atoms with Crippen molar-refractivity contribution in [2.75, 3.05) is 12.4 Å². The molecule has 19 heavy (non-hydrogen) atoms. The highest BCUT2D eigenvalue weighted by Gasteiger charge is 2.32. The summed E-state index contributed by atoms with van der Waals surface area (Å²) in [4.78, 5) is 22.9. The number of carboxylic acid groups (broad SMARTS) is 1. The van der Waals surface area contributed by atoms with Gasteiger partial charge in [-0.2, -0.15) is 0 Å². The number of carbonyl (C=O) groups is 2. The van der Waals surface area contributed by atoms with E-state index in [2.05, 4.69) is 5.32 Å². The Morgan fingerprint density at radius 3 is 2.63 bits per heavy atom. The molecule has 1 saturated carbocycles. The Balaban J connectivity index is 2.12. The summed E-state index contributed by atoms with van der Waals surface area (Å²) >= 11 is 0. The second-order valence-electron chi connectivity index (χ2n) is 4.84. The number of benzene rings is 1. The number of ether oxygens (including phenoxy) is 1. The predicted octanol–water partition coefficient (Wildman–Crippen LogP) is 2.38. The molecule has 1 fully saturated rings. The Bertz CT molecular complexity index is 508. The van der Waals surface area contributed by atoms with Gasteiger partial charge >= 0.3 is 5.97 Å². The second-order valence-corrected chi connectivity index (χ2v) is 4.84. The van der Waals surface area contributed by atoms with Crippen LogP contribution in [0.1, 0.15) is 30.1 Å². The van der Waals surface area contributed by atoms with Crippen molar-refractivity contribution in [1.82, 2.24) is 0 Å². The number of hydrogen-bond donors (Lipinski definition) is 2. The van der Waals surface area contributed by atoms with Crippen LogP contribution in [0.2, 0.25) is 0 Å². The van der Waals surface area contributed by atoms with Gasteiger partial charge in [-0.25, -0.2) is 4.79 Å². The van der Waals surface area contributed by atoms with Crippen molar-refractivity contribution < 1.29 is 19.4 Å². The maximum atomic E-state index is 11.9. The van der Waals surface area contributed by atoms with Crippen LogP contribution in [0.15, 0.2) is 18.2 Å². The highest BCUT2D eigenvalue weighted by molar-refractivity contribution is 5.95. The summed E-state index contributed by atoms with van der Waals surface area (Å²) < 4.78 is 5.02. The third-order valence-corrected chi connectivity index (χ3v) is 3.44. The molecule has 1 aromatic rings. The van der Waals surface area contributed by atoms with Crippen molar-refractivity contribution in [3.05, 3.63) is 23.8 Å². The van der Waals surface area contributed by atoms with Crippen LogP contribution in [-0.4, -0.2) is 24.1 Å². The van der Waals surface area contributed by atoms with Crippen molar-refractivity contribution in [2.45, 2.75) is 19.8 Å². The van der Waals surface area contributed by atoms with E-state index >= 15 is 0 Å². The Morgan fingerprint density at radius 1 is 1.42 bits per heavy atom. The summed E-state index contributed by atoms with van der Waals surface area (Å²) in [6, 6.07) is 4.53. The highest BCUT2D eigenvalue weighted by Crippen LogP contribution is 2.37. The first-order valence-electron chi connectivity index (χ1n) is 6.25. The molecule has 0 aromatic heterocycles. The van der Waals surface area contributed by atoms with Gasteiger partial charge in [-0.05, 0) is 30.9 Å². The number of methoxy groups -OCH3 is 1. The first kappa shape index (κ1) is 13.4. The number of anilines is 1. The molecule has 1 aromatic carbocycles. The Labute approximate surface area is 111 Å². The molecule has 1 atom stereocenters. The Morgan fingerprint density at radius 2 is 2.11 bits per heavy atom. The molecule has 2 rings (SSSR count). The Kier molecular flexibility index (Phi) is 3.74. The summed E-state index contributed by atoms with van der Waals surface area (Å²) in [6.07, 6.45) is 2.21. The lowest BCUT2D eigenvalue weighted by molar-refractivity contribution is -0.119. The molecule has 1 aliphatic carbocycles. The van der Waals surface area contributed by atoms with E-state index in [4.69, 9.17) is 9.84 Å². The zero-order chi connectivity index (χ0) is 14.0. The molecule has 0 saturated heterocycles. The average molecular weight is 263 g/mol. The minimum absolute atomic E-state index is 0.00912. The molecule has 1 amide bonds. The van der Waals surface area contributed by atoms with E-state index in [1.165, 1.54) is 19.2 Å². The molecule has 0 aliphatic heterocycles. The van der Waals surface area contributed by atoms with E-state index in [-0.39, 0.29) is 23.1 Å². The number of carbonyl (C=O) groups excluding carboxylic acids is 1. The topological polar surface area (TPSA) is 75.6 Å². The summed E-state index contributed by atoms with van der Waals surface area (Å²) in [5.74, 6) is -0.372. The van der Waals surface area contributed by atoms with Gasteiger partial charge in [0.1, 0.15) is 11.3 Å². The average Bonchev–Trinajstić information content (AvgIpc) is 3.21. The molecular weight excluding hydrogens is 246 g/mol. The fourth-order valence-electron chi connectivity index (χ4n) is 2.01. The van der Waals surface area contributed by atoms with E-state index in [0.717, 1.165) is 12.8 Å². The minimum Gasteiger partial charge on any atom is -0.496 e. The van der Waals surface area contributed by atoms with Crippen LogP contribution < -0.4 is 10.1 Å². The summed E-state index contributed by atoms with van der Waals surface area (Å²) in [7, 11) is 1.40. The monoisotopic (exact) mass is 263 g/mol. The molecule has 0 spiro atoms. The molecule has 0 radical (unpaired) electrons. The maximum Gasteiger partial charge on any atom is 0.339 e.